The number of hydrogen-bond donors (Lipinski definition) is 0. The quantitative estimate of drug-likeness (QED) is 0.623. The Kier molecular flexibility index (Phi) is 3.63. The molecule has 0 aromatic carbocycles. The monoisotopic (exact) mass is 197 g/mol. The maximum Gasteiger partial charge on any atom is 0.0125 e. The molecule has 0 spiro atoms. The highest BCUT2D eigenvalue weighted by Crippen LogP contribution is 2.32. The molecule has 1 heterocycles. The summed E-state index contributed by atoms with van der Waals surface area (Å²) in [6.45, 7) is 16.7. The fourth-order valence-electron chi connectivity index (χ4n) is 2.76. The van der Waals surface area contributed by atoms with Crippen molar-refractivity contribution in [3.05, 3.63) is 0 Å². The molecule has 0 saturated carbocycles. The minimum atomic E-state index is 0.357. The van der Waals surface area contributed by atoms with E-state index in [2.05, 4.69) is 46.4 Å². The van der Waals surface area contributed by atoms with Gasteiger partial charge in [0.15, 0.2) is 0 Å². The Morgan fingerprint density at radius 2 is 1.79 bits per heavy atom. The molecule has 2 unspecified atom stereocenters. The Labute approximate surface area is 89.9 Å². The molecule has 0 amide bonds. The van der Waals surface area contributed by atoms with Crippen LogP contribution < -0.4 is 0 Å². The third kappa shape index (κ3) is 2.73. The molecule has 1 heteroatoms. The fourth-order valence-corrected chi connectivity index (χ4v) is 2.76. The van der Waals surface area contributed by atoms with E-state index in [1.165, 1.54) is 19.5 Å². The Balaban J connectivity index is 2.55. The summed E-state index contributed by atoms with van der Waals surface area (Å²) in [5.41, 5.74) is 0.357. The van der Waals surface area contributed by atoms with E-state index in [0.29, 0.717) is 5.54 Å². The SMILES string of the molecule is CC(C)C1CCN(C(C)(C)C)CC1C. The van der Waals surface area contributed by atoms with Gasteiger partial charge in [0.25, 0.3) is 0 Å². The Morgan fingerprint density at radius 1 is 1.21 bits per heavy atom. The van der Waals surface area contributed by atoms with Crippen molar-refractivity contribution in [3.63, 3.8) is 0 Å². The number of hydrogen-bond acceptors (Lipinski definition) is 1. The third-order valence-electron chi connectivity index (χ3n) is 3.78. The summed E-state index contributed by atoms with van der Waals surface area (Å²) in [6, 6.07) is 0. The number of nitrogens with zero attached hydrogens (tertiary/aromatic N) is 1. The van der Waals surface area contributed by atoms with Gasteiger partial charge in [-0.05, 0) is 51.5 Å². The third-order valence-corrected chi connectivity index (χ3v) is 3.78. The molecule has 1 saturated heterocycles. The van der Waals surface area contributed by atoms with Gasteiger partial charge in [0.2, 0.25) is 0 Å². The van der Waals surface area contributed by atoms with Crippen LogP contribution in [0.1, 0.15) is 48.0 Å². The molecule has 2 atom stereocenters. The molecule has 1 aliphatic heterocycles. The van der Waals surface area contributed by atoms with E-state index in [1.807, 2.05) is 0 Å². The smallest absolute Gasteiger partial charge is 0.0125 e. The maximum absolute atomic E-state index is 2.64. The molecule has 84 valence electrons. The van der Waals surface area contributed by atoms with E-state index in [0.717, 1.165) is 17.8 Å². The van der Waals surface area contributed by atoms with Crippen LogP contribution in [-0.4, -0.2) is 23.5 Å². The van der Waals surface area contributed by atoms with Crippen LogP contribution in [0.5, 0.6) is 0 Å². The van der Waals surface area contributed by atoms with Gasteiger partial charge in [0.1, 0.15) is 0 Å². The minimum absolute atomic E-state index is 0.357. The lowest BCUT2D eigenvalue weighted by molar-refractivity contribution is 0.0382. The number of piperidine rings is 1. The minimum Gasteiger partial charge on any atom is -0.298 e. The average Bonchev–Trinajstić information content (AvgIpc) is 2.01. The van der Waals surface area contributed by atoms with Crippen molar-refractivity contribution in [1.82, 2.24) is 4.90 Å². The van der Waals surface area contributed by atoms with Crippen LogP contribution in [0.3, 0.4) is 0 Å². The highest BCUT2D eigenvalue weighted by molar-refractivity contribution is 4.85. The van der Waals surface area contributed by atoms with Gasteiger partial charge in [0, 0.05) is 12.1 Å². The average molecular weight is 197 g/mol. The molecule has 14 heavy (non-hydrogen) atoms. The summed E-state index contributed by atoms with van der Waals surface area (Å²) in [6.07, 6.45) is 1.39. The summed E-state index contributed by atoms with van der Waals surface area (Å²) in [7, 11) is 0. The van der Waals surface area contributed by atoms with Crippen molar-refractivity contribution >= 4 is 0 Å². The standard InChI is InChI=1S/C13H27N/c1-10(2)12-7-8-14(9-11(12)3)13(4,5)6/h10-12H,7-9H2,1-6H3. The van der Waals surface area contributed by atoms with E-state index >= 15 is 0 Å². The molecule has 0 radical (unpaired) electrons. The van der Waals surface area contributed by atoms with Gasteiger partial charge < -0.3 is 0 Å². The van der Waals surface area contributed by atoms with Crippen molar-refractivity contribution in [1.29, 1.82) is 0 Å². The van der Waals surface area contributed by atoms with Crippen molar-refractivity contribution in [2.75, 3.05) is 13.1 Å². The molecular formula is C13H27N. The van der Waals surface area contributed by atoms with Crippen molar-refractivity contribution in [3.8, 4) is 0 Å². The largest absolute Gasteiger partial charge is 0.298 e. The van der Waals surface area contributed by atoms with Gasteiger partial charge in [-0.3, -0.25) is 4.90 Å². The lowest BCUT2D eigenvalue weighted by atomic mass is 9.78. The summed E-state index contributed by atoms with van der Waals surface area (Å²) < 4.78 is 0. The molecule has 1 nitrogen and oxygen atoms in total. The Morgan fingerprint density at radius 3 is 2.14 bits per heavy atom. The van der Waals surface area contributed by atoms with Crippen LogP contribution in [0, 0.1) is 17.8 Å². The fraction of sp³-hybridized carbons (Fsp3) is 1.00. The molecular weight excluding hydrogens is 170 g/mol. The predicted octanol–water partition coefficient (Wildman–Crippen LogP) is 3.40. The number of rotatable bonds is 1. The zero-order valence-corrected chi connectivity index (χ0v) is 10.8. The summed E-state index contributed by atoms with van der Waals surface area (Å²) >= 11 is 0. The van der Waals surface area contributed by atoms with Crippen LogP contribution in [0.15, 0.2) is 0 Å². The van der Waals surface area contributed by atoms with Crippen LogP contribution in [0.25, 0.3) is 0 Å². The zero-order valence-electron chi connectivity index (χ0n) is 10.8. The van der Waals surface area contributed by atoms with Gasteiger partial charge in [0.05, 0.1) is 0 Å². The first-order chi connectivity index (χ1) is 6.32. The van der Waals surface area contributed by atoms with Gasteiger partial charge >= 0.3 is 0 Å². The van der Waals surface area contributed by atoms with Gasteiger partial charge in [-0.25, -0.2) is 0 Å². The predicted molar refractivity (Wildman–Crippen MR) is 63.4 cm³/mol. The lowest BCUT2D eigenvalue weighted by Gasteiger charge is -2.45. The Bertz CT molecular complexity index is 178. The van der Waals surface area contributed by atoms with E-state index in [1.54, 1.807) is 0 Å². The molecule has 0 aliphatic carbocycles. The van der Waals surface area contributed by atoms with Crippen molar-refractivity contribution in [2.45, 2.75) is 53.5 Å². The number of likely N-dealkylation sites (tertiary alicyclic amines) is 1. The summed E-state index contributed by atoms with van der Waals surface area (Å²) in [5, 5.41) is 0. The summed E-state index contributed by atoms with van der Waals surface area (Å²) in [4.78, 5) is 2.64. The van der Waals surface area contributed by atoms with E-state index in [-0.39, 0.29) is 0 Å². The van der Waals surface area contributed by atoms with Crippen LogP contribution >= 0.6 is 0 Å². The van der Waals surface area contributed by atoms with Crippen molar-refractivity contribution in [2.24, 2.45) is 17.8 Å². The first-order valence-corrected chi connectivity index (χ1v) is 6.07. The summed E-state index contributed by atoms with van der Waals surface area (Å²) in [5.74, 6) is 2.66. The van der Waals surface area contributed by atoms with Gasteiger partial charge in [-0.1, -0.05) is 20.8 Å². The zero-order chi connectivity index (χ0) is 10.9. The van der Waals surface area contributed by atoms with Gasteiger partial charge in [-0.15, -0.1) is 0 Å². The van der Waals surface area contributed by atoms with Crippen LogP contribution in [-0.2, 0) is 0 Å². The van der Waals surface area contributed by atoms with E-state index < -0.39 is 0 Å². The molecule has 0 bridgehead atoms. The highest BCUT2D eigenvalue weighted by Gasteiger charge is 2.32. The molecule has 1 aliphatic rings. The van der Waals surface area contributed by atoms with Crippen LogP contribution in [0.4, 0.5) is 0 Å². The molecule has 1 fully saturated rings. The van der Waals surface area contributed by atoms with E-state index in [9.17, 15) is 0 Å². The first-order valence-electron chi connectivity index (χ1n) is 6.07. The first kappa shape index (κ1) is 12.0. The lowest BCUT2D eigenvalue weighted by Crippen LogP contribution is -2.49. The normalized spacial score (nSPS) is 31.1. The second-order valence-electron chi connectivity index (χ2n) is 6.29. The molecule has 0 aromatic rings. The Hall–Kier alpha value is -0.0400. The van der Waals surface area contributed by atoms with Crippen LogP contribution in [0.2, 0.25) is 0 Å². The second kappa shape index (κ2) is 4.22. The highest BCUT2D eigenvalue weighted by atomic mass is 15.2. The topological polar surface area (TPSA) is 3.24 Å². The van der Waals surface area contributed by atoms with Crippen molar-refractivity contribution < 1.29 is 0 Å². The second-order valence-corrected chi connectivity index (χ2v) is 6.29. The van der Waals surface area contributed by atoms with Gasteiger partial charge in [-0.2, -0.15) is 0 Å². The maximum atomic E-state index is 2.64. The molecule has 0 N–H and O–H groups in total. The molecule has 0 aromatic heterocycles. The van der Waals surface area contributed by atoms with E-state index in [4.69, 9.17) is 0 Å². The molecule has 1 rings (SSSR count).